The molecule has 2 rings (SSSR count). The number of rotatable bonds is 2. The number of hydrogen-bond acceptors (Lipinski definition) is 2. The SMILES string of the molecule is CC(C)(C)C(O)Cn1ccc(=O)c2ccccc21. The molecule has 3 nitrogen and oxygen atoms in total. The zero-order chi connectivity index (χ0) is 13.3. The van der Waals surface area contributed by atoms with Crippen LogP contribution in [0.25, 0.3) is 10.9 Å². The summed E-state index contributed by atoms with van der Waals surface area (Å²) in [6.07, 6.45) is 1.29. The van der Waals surface area contributed by atoms with Crippen molar-refractivity contribution in [1.82, 2.24) is 4.57 Å². The van der Waals surface area contributed by atoms with E-state index in [4.69, 9.17) is 0 Å². The normalized spacial score (nSPS) is 13.8. The van der Waals surface area contributed by atoms with Gasteiger partial charge >= 0.3 is 0 Å². The van der Waals surface area contributed by atoms with Gasteiger partial charge in [-0.25, -0.2) is 0 Å². The second kappa shape index (κ2) is 4.58. The highest BCUT2D eigenvalue weighted by Gasteiger charge is 2.22. The van der Waals surface area contributed by atoms with Crippen LogP contribution in [0.2, 0.25) is 0 Å². The van der Waals surface area contributed by atoms with Gasteiger partial charge in [0, 0.05) is 24.2 Å². The van der Waals surface area contributed by atoms with E-state index in [-0.39, 0.29) is 10.8 Å². The van der Waals surface area contributed by atoms with E-state index in [0.717, 1.165) is 5.52 Å². The van der Waals surface area contributed by atoms with Crippen molar-refractivity contribution >= 4 is 10.9 Å². The quantitative estimate of drug-likeness (QED) is 0.882. The number of pyridine rings is 1. The van der Waals surface area contributed by atoms with Crippen LogP contribution in [0.15, 0.2) is 41.3 Å². The number of aliphatic hydroxyl groups excluding tert-OH is 1. The zero-order valence-electron chi connectivity index (χ0n) is 11.1. The fourth-order valence-electron chi connectivity index (χ4n) is 1.88. The number of hydrogen-bond donors (Lipinski definition) is 1. The minimum Gasteiger partial charge on any atom is -0.391 e. The predicted octanol–water partition coefficient (Wildman–Crippen LogP) is 2.41. The van der Waals surface area contributed by atoms with Crippen LogP contribution in [0.5, 0.6) is 0 Å². The highest BCUT2D eigenvalue weighted by Crippen LogP contribution is 2.21. The summed E-state index contributed by atoms with van der Waals surface area (Å²) in [4.78, 5) is 11.7. The van der Waals surface area contributed by atoms with E-state index in [1.807, 2.05) is 49.6 Å². The molecule has 0 aliphatic carbocycles. The number of benzene rings is 1. The van der Waals surface area contributed by atoms with Crippen molar-refractivity contribution in [3.05, 3.63) is 46.8 Å². The van der Waals surface area contributed by atoms with Crippen LogP contribution in [-0.4, -0.2) is 15.8 Å². The molecule has 2 aromatic rings. The maximum absolute atomic E-state index is 11.7. The van der Waals surface area contributed by atoms with Gasteiger partial charge in [-0.15, -0.1) is 0 Å². The van der Waals surface area contributed by atoms with Gasteiger partial charge in [-0.1, -0.05) is 32.9 Å². The molecular formula is C15H19NO2. The van der Waals surface area contributed by atoms with Gasteiger partial charge in [0.2, 0.25) is 0 Å². The molecule has 1 N–H and O–H groups in total. The highest BCUT2D eigenvalue weighted by atomic mass is 16.3. The average molecular weight is 245 g/mol. The zero-order valence-corrected chi connectivity index (χ0v) is 11.1. The van der Waals surface area contributed by atoms with Crippen LogP contribution in [-0.2, 0) is 6.54 Å². The van der Waals surface area contributed by atoms with Gasteiger partial charge in [-0.05, 0) is 17.5 Å². The van der Waals surface area contributed by atoms with Gasteiger partial charge in [0.1, 0.15) is 0 Å². The van der Waals surface area contributed by atoms with Crippen LogP contribution in [0, 0.1) is 5.41 Å². The fraction of sp³-hybridized carbons (Fsp3) is 0.400. The Morgan fingerprint density at radius 3 is 2.56 bits per heavy atom. The third-order valence-corrected chi connectivity index (χ3v) is 3.25. The van der Waals surface area contributed by atoms with Crippen LogP contribution in [0.4, 0.5) is 0 Å². The van der Waals surface area contributed by atoms with E-state index >= 15 is 0 Å². The topological polar surface area (TPSA) is 42.2 Å². The number of para-hydroxylation sites is 1. The minimum atomic E-state index is -0.455. The summed E-state index contributed by atoms with van der Waals surface area (Å²) < 4.78 is 1.94. The van der Waals surface area contributed by atoms with Crippen LogP contribution >= 0.6 is 0 Å². The van der Waals surface area contributed by atoms with Crippen molar-refractivity contribution < 1.29 is 5.11 Å². The Balaban J connectivity index is 2.47. The van der Waals surface area contributed by atoms with Gasteiger partial charge in [-0.2, -0.15) is 0 Å². The summed E-state index contributed by atoms with van der Waals surface area (Å²) in [5.74, 6) is 0. The molecule has 0 fully saturated rings. The molecule has 0 bridgehead atoms. The number of nitrogens with zero attached hydrogens (tertiary/aromatic N) is 1. The number of aromatic nitrogens is 1. The molecular weight excluding hydrogens is 226 g/mol. The molecule has 0 amide bonds. The van der Waals surface area contributed by atoms with E-state index in [1.54, 1.807) is 12.3 Å². The first-order valence-corrected chi connectivity index (χ1v) is 6.16. The summed E-state index contributed by atoms with van der Waals surface area (Å²) in [7, 11) is 0. The monoisotopic (exact) mass is 245 g/mol. The molecule has 18 heavy (non-hydrogen) atoms. The van der Waals surface area contributed by atoms with Crippen molar-refractivity contribution in [1.29, 1.82) is 0 Å². The Hall–Kier alpha value is -1.61. The largest absolute Gasteiger partial charge is 0.391 e. The van der Waals surface area contributed by atoms with E-state index in [9.17, 15) is 9.90 Å². The summed E-state index contributed by atoms with van der Waals surface area (Å²) in [6.45, 7) is 6.50. The maximum Gasteiger partial charge on any atom is 0.189 e. The van der Waals surface area contributed by atoms with Crippen molar-refractivity contribution in [3.63, 3.8) is 0 Å². The average Bonchev–Trinajstić information content (AvgIpc) is 2.32. The van der Waals surface area contributed by atoms with Gasteiger partial charge in [0.15, 0.2) is 5.43 Å². The Bertz CT molecular complexity index is 608. The van der Waals surface area contributed by atoms with E-state index < -0.39 is 6.10 Å². The first kappa shape index (κ1) is 12.8. The molecule has 0 saturated heterocycles. The molecule has 96 valence electrons. The molecule has 1 aromatic carbocycles. The number of fused-ring (bicyclic) bond motifs is 1. The van der Waals surface area contributed by atoms with Gasteiger partial charge in [0.05, 0.1) is 11.6 Å². The fourth-order valence-corrected chi connectivity index (χ4v) is 1.88. The Kier molecular flexibility index (Phi) is 3.26. The highest BCUT2D eigenvalue weighted by molar-refractivity contribution is 5.78. The Morgan fingerprint density at radius 2 is 1.89 bits per heavy atom. The molecule has 1 unspecified atom stereocenters. The molecule has 0 spiro atoms. The molecule has 0 aliphatic rings. The summed E-state index contributed by atoms with van der Waals surface area (Å²) in [5, 5.41) is 10.9. The predicted molar refractivity (Wildman–Crippen MR) is 73.7 cm³/mol. The smallest absolute Gasteiger partial charge is 0.189 e. The van der Waals surface area contributed by atoms with Crippen molar-refractivity contribution in [2.75, 3.05) is 0 Å². The van der Waals surface area contributed by atoms with E-state index in [1.165, 1.54) is 0 Å². The molecule has 3 heteroatoms. The van der Waals surface area contributed by atoms with Crippen LogP contribution < -0.4 is 5.43 Å². The Labute approximate surface area is 107 Å². The van der Waals surface area contributed by atoms with Crippen molar-refractivity contribution in [2.45, 2.75) is 33.4 Å². The van der Waals surface area contributed by atoms with Gasteiger partial charge in [-0.3, -0.25) is 4.79 Å². The molecule has 0 radical (unpaired) electrons. The van der Waals surface area contributed by atoms with Crippen LogP contribution in [0.3, 0.4) is 0 Å². The first-order chi connectivity index (χ1) is 8.39. The van der Waals surface area contributed by atoms with E-state index in [0.29, 0.717) is 11.9 Å². The number of aliphatic hydroxyl groups is 1. The summed E-state index contributed by atoms with van der Waals surface area (Å²) in [5.41, 5.74) is 0.713. The standard InChI is InChI=1S/C15H19NO2/c1-15(2,3)14(18)10-16-9-8-13(17)11-6-4-5-7-12(11)16/h4-9,14,18H,10H2,1-3H3. The third kappa shape index (κ3) is 2.46. The summed E-state index contributed by atoms with van der Waals surface area (Å²) >= 11 is 0. The lowest BCUT2D eigenvalue weighted by molar-refractivity contribution is 0.0490. The lowest BCUT2D eigenvalue weighted by Gasteiger charge is -2.27. The molecule has 0 aliphatic heterocycles. The first-order valence-electron chi connectivity index (χ1n) is 6.16. The summed E-state index contributed by atoms with van der Waals surface area (Å²) in [6, 6.07) is 9.04. The third-order valence-electron chi connectivity index (χ3n) is 3.25. The van der Waals surface area contributed by atoms with Crippen molar-refractivity contribution in [3.8, 4) is 0 Å². The second-order valence-corrected chi connectivity index (χ2v) is 5.73. The molecule has 1 heterocycles. The van der Waals surface area contributed by atoms with Crippen molar-refractivity contribution in [2.24, 2.45) is 5.41 Å². The molecule has 1 aromatic heterocycles. The van der Waals surface area contributed by atoms with Gasteiger partial charge < -0.3 is 9.67 Å². The maximum atomic E-state index is 11.7. The lowest BCUT2D eigenvalue weighted by Crippen LogP contribution is -2.31. The Morgan fingerprint density at radius 1 is 1.22 bits per heavy atom. The molecule has 0 saturated carbocycles. The van der Waals surface area contributed by atoms with E-state index in [2.05, 4.69) is 0 Å². The minimum absolute atomic E-state index is 0.0205. The second-order valence-electron chi connectivity index (χ2n) is 5.73. The lowest BCUT2D eigenvalue weighted by atomic mass is 9.89. The van der Waals surface area contributed by atoms with Gasteiger partial charge in [0.25, 0.3) is 0 Å². The molecule has 1 atom stereocenters. The van der Waals surface area contributed by atoms with Crippen LogP contribution in [0.1, 0.15) is 20.8 Å².